The molecule has 0 aliphatic heterocycles. The number of anilines is 1. The molecule has 0 radical (unpaired) electrons. The van der Waals surface area contributed by atoms with Crippen molar-refractivity contribution in [2.24, 2.45) is 0 Å². The summed E-state index contributed by atoms with van der Waals surface area (Å²) in [6, 6.07) is 6.67. The minimum Gasteiger partial charge on any atom is -0.321 e. The van der Waals surface area contributed by atoms with Crippen molar-refractivity contribution < 1.29 is 13.6 Å². The summed E-state index contributed by atoms with van der Waals surface area (Å²) in [4.78, 5) is 10.9. The quantitative estimate of drug-likeness (QED) is 0.836. The maximum atomic E-state index is 12.5. The van der Waals surface area contributed by atoms with E-state index in [4.69, 9.17) is 0 Å². The third kappa shape index (κ3) is 3.21. The van der Waals surface area contributed by atoms with Crippen molar-refractivity contribution in [1.29, 1.82) is 0 Å². The molecule has 1 aromatic carbocycles. The van der Waals surface area contributed by atoms with E-state index in [1.54, 1.807) is 24.3 Å². The van der Waals surface area contributed by atoms with Crippen molar-refractivity contribution >= 4 is 34.2 Å². The Morgan fingerprint density at radius 2 is 2.14 bits per heavy atom. The molecular weight excluding hydrogens is 303 g/mol. The fourth-order valence-corrected chi connectivity index (χ4v) is 1.35. The fourth-order valence-electron chi connectivity index (χ4n) is 0.807. The van der Waals surface area contributed by atoms with Crippen molar-refractivity contribution in [1.82, 2.24) is 0 Å². The van der Waals surface area contributed by atoms with Crippen LogP contribution >= 0.6 is 22.6 Å². The predicted octanol–water partition coefficient (Wildman–Crippen LogP) is 2.88. The maximum absolute atomic E-state index is 12.5. The highest BCUT2D eigenvalue weighted by molar-refractivity contribution is 14.1. The minimum atomic E-state index is -3.35. The number of carbonyl (C=O) groups is 1. The molecule has 5 heteroatoms. The molecule has 0 aliphatic carbocycles. The third-order valence-corrected chi connectivity index (χ3v) is 2.15. The highest BCUT2D eigenvalue weighted by Crippen LogP contribution is 2.17. The first-order valence-corrected chi connectivity index (χ1v) is 4.92. The van der Waals surface area contributed by atoms with Gasteiger partial charge in [-0.15, -0.1) is 0 Å². The van der Waals surface area contributed by atoms with Gasteiger partial charge in [0, 0.05) is 16.2 Å². The van der Waals surface area contributed by atoms with Crippen molar-refractivity contribution in [3.05, 3.63) is 27.8 Å². The Morgan fingerprint density at radius 3 is 2.64 bits per heavy atom. The van der Waals surface area contributed by atoms with Gasteiger partial charge in [-0.3, -0.25) is 4.79 Å². The van der Waals surface area contributed by atoms with Gasteiger partial charge in [-0.25, -0.2) is 0 Å². The molecule has 0 heterocycles. The average molecular weight is 311 g/mol. The van der Waals surface area contributed by atoms with E-state index in [9.17, 15) is 13.6 Å². The van der Waals surface area contributed by atoms with Crippen LogP contribution in [0.1, 0.15) is 6.92 Å². The summed E-state index contributed by atoms with van der Waals surface area (Å²) in [7, 11) is 0. The summed E-state index contributed by atoms with van der Waals surface area (Å²) in [5.41, 5.74) is 0.378. The number of hydrogen-bond donors (Lipinski definition) is 1. The van der Waals surface area contributed by atoms with Gasteiger partial charge in [0.05, 0.1) is 0 Å². The lowest BCUT2D eigenvalue weighted by molar-refractivity contribution is -0.137. The molecule has 1 N–H and O–H groups in total. The summed E-state index contributed by atoms with van der Waals surface area (Å²) in [5, 5.41) is 2.13. The number of carbonyl (C=O) groups excluding carboxylic acids is 1. The van der Waals surface area contributed by atoms with Crippen LogP contribution in [0, 0.1) is 3.57 Å². The van der Waals surface area contributed by atoms with E-state index in [0.29, 0.717) is 12.6 Å². The van der Waals surface area contributed by atoms with Gasteiger partial charge < -0.3 is 5.32 Å². The van der Waals surface area contributed by atoms with Gasteiger partial charge in [-0.2, -0.15) is 8.78 Å². The molecule has 0 saturated carbocycles. The van der Waals surface area contributed by atoms with Crippen LogP contribution in [-0.2, 0) is 4.79 Å². The smallest absolute Gasteiger partial charge is 0.321 e. The molecule has 0 aliphatic rings. The van der Waals surface area contributed by atoms with E-state index >= 15 is 0 Å². The Kier molecular flexibility index (Phi) is 3.41. The zero-order chi connectivity index (χ0) is 10.8. The van der Waals surface area contributed by atoms with Crippen molar-refractivity contribution in [3.8, 4) is 0 Å². The van der Waals surface area contributed by atoms with Crippen LogP contribution in [0.25, 0.3) is 0 Å². The molecule has 0 bridgehead atoms. The second-order valence-electron chi connectivity index (χ2n) is 2.85. The van der Waals surface area contributed by atoms with Crippen LogP contribution in [-0.4, -0.2) is 11.8 Å². The monoisotopic (exact) mass is 311 g/mol. The molecule has 0 atom stereocenters. The number of nitrogens with one attached hydrogen (secondary N) is 1. The third-order valence-electron chi connectivity index (χ3n) is 1.48. The van der Waals surface area contributed by atoms with Crippen LogP contribution in [0.15, 0.2) is 24.3 Å². The van der Waals surface area contributed by atoms with Crippen LogP contribution in [0.4, 0.5) is 14.5 Å². The van der Waals surface area contributed by atoms with E-state index in [2.05, 4.69) is 5.32 Å². The van der Waals surface area contributed by atoms with Crippen LogP contribution in [0.3, 0.4) is 0 Å². The first-order chi connectivity index (χ1) is 6.39. The van der Waals surface area contributed by atoms with Crippen LogP contribution in [0.2, 0.25) is 0 Å². The number of rotatable bonds is 2. The lowest BCUT2D eigenvalue weighted by atomic mass is 10.3. The molecule has 1 amide bonds. The Balaban J connectivity index is 2.75. The van der Waals surface area contributed by atoms with Crippen molar-refractivity contribution in [2.45, 2.75) is 12.8 Å². The Hall–Kier alpha value is -0.720. The Labute approximate surface area is 93.8 Å². The largest absolute Gasteiger partial charge is 0.322 e. The van der Waals surface area contributed by atoms with Crippen LogP contribution in [0.5, 0.6) is 0 Å². The number of alkyl halides is 2. The molecule has 0 aromatic heterocycles. The topological polar surface area (TPSA) is 29.1 Å². The highest BCUT2D eigenvalue weighted by atomic mass is 127. The lowest BCUT2D eigenvalue weighted by Crippen LogP contribution is -2.31. The number of benzene rings is 1. The van der Waals surface area contributed by atoms with Crippen molar-refractivity contribution in [3.63, 3.8) is 0 Å². The van der Waals surface area contributed by atoms with Crippen LogP contribution < -0.4 is 5.32 Å². The molecule has 0 saturated heterocycles. The Morgan fingerprint density at radius 1 is 1.50 bits per heavy atom. The normalized spacial score (nSPS) is 11.1. The standard InChI is InChI=1S/C9H8F2INO/c1-9(10,11)8(14)13-7-4-2-3-6(12)5-7/h2-5H,1H3,(H,13,14). The van der Waals surface area contributed by atoms with E-state index in [1.165, 1.54) is 0 Å². The fraction of sp³-hybridized carbons (Fsp3) is 0.222. The summed E-state index contributed by atoms with van der Waals surface area (Å²) in [6.07, 6.45) is 0. The van der Waals surface area contributed by atoms with Gasteiger partial charge >= 0.3 is 5.92 Å². The average Bonchev–Trinajstić information content (AvgIpc) is 2.02. The summed E-state index contributed by atoms with van der Waals surface area (Å²) < 4.78 is 25.9. The van der Waals surface area contributed by atoms with Gasteiger partial charge in [0.25, 0.3) is 5.91 Å². The van der Waals surface area contributed by atoms with E-state index in [-0.39, 0.29) is 0 Å². The molecular formula is C9H8F2INO. The lowest BCUT2D eigenvalue weighted by Gasteiger charge is -2.10. The summed E-state index contributed by atoms with van der Waals surface area (Å²) in [6.45, 7) is 0.566. The van der Waals surface area contributed by atoms with Gasteiger partial charge in [-0.05, 0) is 40.8 Å². The van der Waals surface area contributed by atoms with Gasteiger partial charge in [-0.1, -0.05) is 6.07 Å². The molecule has 0 spiro atoms. The van der Waals surface area contributed by atoms with E-state index in [1.807, 2.05) is 22.6 Å². The molecule has 1 aromatic rings. The van der Waals surface area contributed by atoms with Gasteiger partial charge in [0.1, 0.15) is 0 Å². The number of amides is 1. The molecule has 76 valence electrons. The van der Waals surface area contributed by atoms with E-state index < -0.39 is 11.8 Å². The van der Waals surface area contributed by atoms with Gasteiger partial charge in [0.15, 0.2) is 0 Å². The molecule has 0 fully saturated rings. The zero-order valence-corrected chi connectivity index (χ0v) is 9.51. The minimum absolute atomic E-state index is 0.378. The summed E-state index contributed by atoms with van der Waals surface area (Å²) in [5.74, 6) is -4.64. The zero-order valence-electron chi connectivity index (χ0n) is 7.35. The molecule has 0 unspecified atom stereocenters. The number of hydrogen-bond acceptors (Lipinski definition) is 1. The molecule has 14 heavy (non-hydrogen) atoms. The Bertz CT molecular complexity index is 349. The highest BCUT2D eigenvalue weighted by Gasteiger charge is 2.32. The first-order valence-electron chi connectivity index (χ1n) is 3.84. The van der Waals surface area contributed by atoms with E-state index in [0.717, 1.165) is 3.57 Å². The maximum Gasteiger partial charge on any atom is 0.322 e. The van der Waals surface area contributed by atoms with Gasteiger partial charge in [0.2, 0.25) is 0 Å². The molecule has 2 nitrogen and oxygen atoms in total. The first kappa shape index (κ1) is 11.4. The second kappa shape index (κ2) is 4.20. The number of halogens is 3. The van der Waals surface area contributed by atoms with Crippen molar-refractivity contribution in [2.75, 3.05) is 5.32 Å². The SMILES string of the molecule is CC(F)(F)C(=O)Nc1cccc(I)c1. The summed E-state index contributed by atoms with van der Waals surface area (Å²) >= 11 is 2.03. The second-order valence-corrected chi connectivity index (χ2v) is 4.10. The molecule has 1 rings (SSSR count). The predicted molar refractivity (Wildman–Crippen MR) is 58.4 cm³/mol.